The van der Waals surface area contributed by atoms with Crippen molar-refractivity contribution in [2.45, 2.75) is 6.92 Å². The summed E-state index contributed by atoms with van der Waals surface area (Å²) in [4.78, 5) is 11.5. The fraction of sp³-hybridized carbons (Fsp3) is 0.200. The van der Waals surface area contributed by atoms with Crippen molar-refractivity contribution in [2.24, 2.45) is 10.8 Å². The van der Waals surface area contributed by atoms with E-state index in [1.165, 1.54) is 0 Å². The van der Waals surface area contributed by atoms with Crippen LogP contribution in [-0.4, -0.2) is 18.2 Å². The number of benzene rings is 1. The summed E-state index contributed by atoms with van der Waals surface area (Å²) < 4.78 is 0. The van der Waals surface area contributed by atoms with Gasteiger partial charge >= 0.3 is 0 Å². The van der Waals surface area contributed by atoms with E-state index in [4.69, 9.17) is 17.3 Å². The molecule has 0 saturated heterocycles. The van der Waals surface area contributed by atoms with Crippen molar-refractivity contribution in [3.05, 3.63) is 34.9 Å². The summed E-state index contributed by atoms with van der Waals surface area (Å²) in [6, 6.07) is 6.77. The number of hydrogen-bond acceptors (Lipinski definition) is 3. The number of hydrazone groups is 1. The van der Waals surface area contributed by atoms with Crippen molar-refractivity contribution in [2.75, 3.05) is 6.54 Å². The molecule has 0 saturated carbocycles. The maximum absolute atomic E-state index is 11.5. The lowest BCUT2D eigenvalue weighted by Crippen LogP contribution is -2.21. The first-order chi connectivity index (χ1) is 7.15. The summed E-state index contributed by atoms with van der Waals surface area (Å²) in [6.07, 6.45) is 0. The van der Waals surface area contributed by atoms with Crippen molar-refractivity contribution < 1.29 is 4.79 Å². The molecular weight excluding hydrogens is 214 g/mol. The van der Waals surface area contributed by atoms with Gasteiger partial charge in [0.1, 0.15) is 0 Å². The molecule has 0 radical (unpaired) electrons. The van der Waals surface area contributed by atoms with E-state index in [0.717, 1.165) is 0 Å². The summed E-state index contributed by atoms with van der Waals surface area (Å²) in [7, 11) is 0. The molecule has 1 aromatic carbocycles. The lowest BCUT2D eigenvalue weighted by atomic mass is 10.2. The van der Waals surface area contributed by atoms with Gasteiger partial charge in [-0.15, -0.1) is 0 Å². The number of halogens is 1. The van der Waals surface area contributed by atoms with Gasteiger partial charge in [0.15, 0.2) is 0 Å². The second kappa shape index (κ2) is 5.48. The molecule has 1 amide bonds. The molecular formula is C10H12ClN3O. The Labute approximate surface area is 93.1 Å². The van der Waals surface area contributed by atoms with Crippen LogP contribution in [0.3, 0.4) is 0 Å². The van der Waals surface area contributed by atoms with E-state index in [-0.39, 0.29) is 5.91 Å². The van der Waals surface area contributed by atoms with Crippen molar-refractivity contribution in [3.63, 3.8) is 0 Å². The van der Waals surface area contributed by atoms with E-state index >= 15 is 0 Å². The van der Waals surface area contributed by atoms with E-state index in [0.29, 0.717) is 22.8 Å². The molecule has 1 aromatic rings. The molecule has 0 aliphatic carbocycles. The summed E-state index contributed by atoms with van der Waals surface area (Å²) in [5.41, 5.74) is 8.74. The Bertz CT molecular complexity index is 390. The van der Waals surface area contributed by atoms with Crippen LogP contribution in [0.5, 0.6) is 0 Å². The monoisotopic (exact) mass is 225 g/mol. The Hall–Kier alpha value is -1.39. The molecule has 0 unspecified atom stereocenters. The first kappa shape index (κ1) is 11.7. The number of amides is 1. The van der Waals surface area contributed by atoms with Crippen LogP contribution < -0.4 is 11.2 Å². The van der Waals surface area contributed by atoms with E-state index < -0.39 is 0 Å². The molecule has 80 valence electrons. The number of hydrogen-bond donors (Lipinski definition) is 2. The minimum atomic E-state index is -0.339. The lowest BCUT2D eigenvalue weighted by molar-refractivity contribution is 0.0955. The normalized spacial score (nSPS) is 11.3. The van der Waals surface area contributed by atoms with E-state index in [1.807, 2.05) is 0 Å². The third-order valence-corrected chi connectivity index (χ3v) is 2.09. The van der Waals surface area contributed by atoms with Gasteiger partial charge in [0.05, 0.1) is 10.6 Å². The highest BCUT2D eigenvalue weighted by Gasteiger charge is 2.07. The largest absolute Gasteiger partial charge is 0.325 e. The highest BCUT2D eigenvalue weighted by Crippen LogP contribution is 2.14. The number of nitrogens with one attached hydrogen (secondary N) is 1. The molecule has 0 aliphatic heterocycles. The second-order valence-corrected chi connectivity index (χ2v) is 3.38. The Balaban J connectivity index is 2.74. The predicted octanol–water partition coefficient (Wildman–Crippen LogP) is 1.40. The van der Waals surface area contributed by atoms with Crippen LogP contribution in [0.25, 0.3) is 0 Å². The molecule has 15 heavy (non-hydrogen) atoms. The summed E-state index contributed by atoms with van der Waals surface area (Å²) >= 11 is 5.83. The van der Waals surface area contributed by atoms with Crippen LogP contribution in [0, 0.1) is 0 Å². The third kappa shape index (κ3) is 3.34. The van der Waals surface area contributed by atoms with Gasteiger partial charge in [0.2, 0.25) is 0 Å². The Morgan fingerprint density at radius 3 is 2.80 bits per heavy atom. The van der Waals surface area contributed by atoms with Crippen LogP contribution in [0.15, 0.2) is 29.4 Å². The van der Waals surface area contributed by atoms with Gasteiger partial charge in [-0.25, -0.2) is 5.43 Å². The fourth-order valence-electron chi connectivity index (χ4n) is 0.897. The molecule has 1 rings (SSSR count). The van der Waals surface area contributed by atoms with Gasteiger partial charge in [-0.05, 0) is 19.1 Å². The lowest BCUT2D eigenvalue weighted by Gasteiger charge is -2.02. The van der Waals surface area contributed by atoms with Crippen molar-refractivity contribution in [1.82, 2.24) is 5.43 Å². The molecule has 0 aromatic heterocycles. The van der Waals surface area contributed by atoms with Gasteiger partial charge in [-0.3, -0.25) is 4.79 Å². The quantitative estimate of drug-likeness (QED) is 0.603. The standard InChI is InChI=1S/C10H12ClN3O/c1-7(6-12)13-14-10(15)8-4-2-3-5-9(8)11/h2-5H,6,12H2,1H3,(H,14,15). The van der Waals surface area contributed by atoms with Crippen LogP contribution in [0.4, 0.5) is 0 Å². The molecule has 0 bridgehead atoms. The van der Waals surface area contributed by atoms with Crippen molar-refractivity contribution in [3.8, 4) is 0 Å². The van der Waals surface area contributed by atoms with Gasteiger partial charge in [0.25, 0.3) is 5.91 Å². The SMILES string of the molecule is CC(CN)=NNC(=O)c1ccccc1Cl. The van der Waals surface area contributed by atoms with E-state index in [2.05, 4.69) is 10.5 Å². The molecule has 0 aliphatic rings. The molecule has 0 atom stereocenters. The zero-order valence-electron chi connectivity index (χ0n) is 8.33. The second-order valence-electron chi connectivity index (χ2n) is 2.97. The summed E-state index contributed by atoms with van der Waals surface area (Å²) in [5, 5.41) is 4.19. The highest BCUT2D eigenvalue weighted by molar-refractivity contribution is 6.33. The highest BCUT2D eigenvalue weighted by atomic mass is 35.5. The third-order valence-electron chi connectivity index (χ3n) is 1.76. The number of carbonyl (C=O) groups excluding carboxylic acids is 1. The first-order valence-corrected chi connectivity index (χ1v) is 4.81. The van der Waals surface area contributed by atoms with Gasteiger partial charge < -0.3 is 5.73 Å². The average molecular weight is 226 g/mol. The average Bonchev–Trinajstić information content (AvgIpc) is 2.26. The number of nitrogens with two attached hydrogens (primary N) is 1. The maximum atomic E-state index is 11.5. The predicted molar refractivity (Wildman–Crippen MR) is 61.1 cm³/mol. The molecule has 3 N–H and O–H groups in total. The van der Waals surface area contributed by atoms with Crippen LogP contribution in [-0.2, 0) is 0 Å². The summed E-state index contributed by atoms with van der Waals surface area (Å²) in [5.74, 6) is -0.339. The Morgan fingerprint density at radius 1 is 1.53 bits per heavy atom. The summed E-state index contributed by atoms with van der Waals surface area (Å²) in [6.45, 7) is 2.04. The van der Waals surface area contributed by atoms with Crippen molar-refractivity contribution in [1.29, 1.82) is 0 Å². The van der Waals surface area contributed by atoms with E-state index in [9.17, 15) is 4.79 Å². The minimum absolute atomic E-state index is 0.308. The van der Waals surface area contributed by atoms with Crippen LogP contribution in [0.2, 0.25) is 5.02 Å². The zero-order chi connectivity index (χ0) is 11.3. The maximum Gasteiger partial charge on any atom is 0.272 e. The van der Waals surface area contributed by atoms with Crippen LogP contribution in [0.1, 0.15) is 17.3 Å². The molecule has 0 heterocycles. The van der Waals surface area contributed by atoms with E-state index in [1.54, 1.807) is 31.2 Å². The minimum Gasteiger partial charge on any atom is -0.325 e. The van der Waals surface area contributed by atoms with Gasteiger partial charge in [0, 0.05) is 12.3 Å². The smallest absolute Gasteiger partial charge is 0.272 e. The zero-order valence-corrected chi connectivity index (χ0v) is 9.08. The number of rotatable bonds is 3. The Morgan fingerprint density at radius 2 is 2.20 bits per heavy atom. The molecule has 5 heteroatoms. The van der Waals surface area contributed by atoms with Crippen molar-refractivity contribution >= 4 is 23.2 Å². The molecule has 0 spiro atoms. The fourth-order valence-corrected chi connectivity index (χ4v) is 1.12. The molecule has 4 nitrogen and oxygen atoms in total. The molecule has 0 fully saturated rings. The topological polar surface area (TPSA) is 67.5 Å². The van der Waals surface area contributed by atoms with Crippen LogP contribution >= 0.6 is 11.6 Å². The Kier molecular flexibility index (Phi) is 4.27. The first-order valence-electron chi connectivity index (χ1n) is 4.43. The van der Waals surface area contributed by atoms with Gasteiger partial charge in [-0.2, -0.15) is 5.10 Å². The number of carbonyl (C=O) groups is 1. The van der Waals surface area contributed by atoms with Gasteiger partial charge in [-0.1, -0.05) is 23.7 Å². The number of nitrogens with zero attached hydrogens (tertiary/aromatic N) is 1.